The molecular formula is C12H20ClNO4. The SMILES string of the molecule is C=C(CCl)CN[C@@H](CC(=O)OCCCC)C(=O)O. The minimum atomic E-state index is -1.09. The summed E-state index contributed by atoms with van der Waals surface area (Å²) >= 11 is 5.53. The molecule has 18 heavy (non-hydrogen) atoms. The maximum absolute atomic E-state index is 11.4. The van der Waals surface area contributed by atoms with Crippen LogP contribution in [0, 0.1) is 0 Å². The number of carboxylic acid groups (broad SMARTS) is 1. The number of nitrogens with one attached hydrogen (secondary N) is 1. The van der Waals surface area contributed by atoms with Gasteiger partial charge in [-0.05, 0) is 12.0 Å². The third-order valence-corrected chi connectivity index (χ3v) is 2.60. The van der Waals surface area contributed by atoms with Crippen LogP contribution < -0.4 is 5.32 Å². The van der Waals surface area contributed by atoms with E-state index in [1.54, 1.807) is 0 Å². The molecule has 0 aromatic carbocycles. The minimum absolute atomic E-state index is 0.200. The normalized spacial score (nSPS) is 11.9. The molecular weight excluding hydrogens is 258 g/mol. The molecule has 104 valence electrons. The van der Waals surface area contributed by atoms with E-state index in [0.29, 0.717) is 12.2 Å². The van der Waals surface area contributed by atoms with E-state index in [1.165, 1.54) is 0 Å². The highest BCUT2D eigenvalue weighted by atomic mass is 35.5. The van der Waals surface area contributed by atoms with E-state index in [4.69, 9.17) is 21.4 Å². The molecule has 0 aliphatic heterocycles. The lowest BCUT2D eigenvalue weighted by atomic mass is 10.2. The van der Waals surface area contributed by atoms with Gasteiger partial charge in [0, 0.05) is 12.4 Å². The molecule has 0 fully saturated rings. The number of carbonyl (C=O) groups is 2. The van der Waals surface area contributed by atoms with Crippen LogP contribution in [0.5, 0.6) is 0 Å². The highest BCUT2D eigenvalue weighted by Gasteiger charge is 2.21. The van der Waals surface area contributed by atoms with Crippen molar-refractivity contribution in [1.82, 2.24) is 5.32 Å². The molecule has 0 aliphatic rings. The van der Waals surface area contributed by atoms with E-state index in [1.807, 2.05) is 6.92 Å². The van der Waals surface area contributed by atoms with Crippen LogP contribution in [0.2, 0.25) is 0 Å². The molecule has 2 N–H and O–H groups in total. The van der Waals surface area contributed by atoms with Crippen molar-refractivity contribution in [2.75, 3.05) is 19.0 Å². The Morgan fingerprint density at radius 2 is 2.17 bits per heavy atom. The van der Waals surface area contributed by atoms with Crippen LogP contribution in [0.15, 0.2) is 12.2 Å². The molecule has 5 nitrogen and oxygen atoms in total. The lowest BCUT2D eigenvalue weighted by Crippen LogP contribution is -2.40. The van der Waals surface area contributed by atoms with Gasteiger partial charge in [-0.25, -0.2) is 0 Å². The standard InChI is InChI=1S/C12H20ClNO4/c1-3-4-5-18-11(15)6-10(12(16)17)14-8-9(2)7-13/h10,14H,2-8H2,1H3,(H,16,17)/t10-/m0/s1. The summed E-state index contributed by atoms with van der Waals surface area (Å²) in [5.74, 6) is -1.36. The highest BCUT2D eigenvalue weighted by molar-refractivity contribution is 6.19. The van der Waals surface area contributed by atoms with Crippen LogP contribution in [0.25, 0.3) is 0 Å². The molecule has 0 saturated carbocycles. The van der Waals surface area contributed by atoms with Crippen molar-refractivity contribution in [3.05, 3.63) is 12.2 Å². The number of carboxylic acids is 1. The molecule has 0 spiro atoms. The zero-order chi connectivity index (χ0) is 14.0. The average Bonchev–Trinajstić information content (AvgIpc) is 2.33. The zero-order valence-electron chi connectivity index (χ0n) is 10.6. The first-order valence-electron chi connectivity index (χ1n) is 5.85. The Balaban J connectivity index is 4.06. The summed E-state index contributed by atoms with van der Waals surface area (Å²) in [6, 6.07) is -0.973. The predicted molar refractivity (Wildman–Crippen MR) is 69.8 cm³/mol. The molecule has 0 aliphatic carbocycles. The summed E-state index contributed by atoms with van der Waals surface area (Å²) in [7, 11) is 0. The number of hydrogen-bond donors (Lipinski definition) is 2. The van der Waals surface area contributed by atoms with Crippen LogP contribution in [0.3, 0.4) is 0 Å². The topological polar surface area (TPSA) is 75.6 Å². The quantitative estimate of drug-likeness (QED) is 0.274. The molecule has 6 heteroatoms. The lowest BCUT2D eigenvalue weighted by molar-refractivity contribution is -0.149. The molecule has 0 saturated heterocycles. The van der Waals surface area contributed by atoms with E-state index < -0.39 is 18.0 Å². The average molecular weight is 278 g/mol. The fourth-order valence-electron chi connectivity index (χ4n) is 1.12. The van der Waals surface area contributed by atoms with Crippen molar-refractivity contribution < 1.29 is 19.4 Å². The van der Waals surface area contributed by atoms with Crippen molar-refractivity contribution in [1.29, 1.82) is 0 Å². The van der Waals surface area contributed by atoms with Gasteiger partial charge in [0.15, 0.2) is 0 Å². The van der Waals surface area contributed by atoms with Crippen molar-refractivity contribution in [2.24, 2.45) is 0 Å². The maximum Gasteiger partial charge on any atom is 0.321 e. The Bertz CT molecular complexity index is 294. The van der Waals surface area contributed by atoms with Crippen molar-refractivity contribution >= 4 is 23.5 Å². The van der Waals surface area contributed by atoms with Gasteiger partial charge < -0.3 is 15.2 Å². The number of halogens is 1. The Morgan fingerprint density at radius 1 is 1.50 bits per heavy atom. The fraction of sp³-hybridized carbons (Fsp3) is 0.667. The summed E-state index contributed by atoms with van der Waals surface area (Å²) in [5, 5.41) is 11.7. The number of ether oxygens (including phenoxy) is 1. The van der Waals surface area contributed by atoms with Crippen LogP contribution in [0.1, 0.15) is 26.2 Å². The molecule has 0 heterocycles. The number of carbonyl (C=O) groups excluding carboxylic acids is 1. The first-order chi connectivity index (χ1) is 8.51. The fourth-order valence-corrected chi connectivity index (χ4v) is 1.21. The zero-order valence-corrected chi connectivity index (χ0v) is 11.3. The van der Waals surface area contributed by atoms with E-state index in [9.17, 15) is 9.59 Å². The largest absolute Gasteiger partial charge is 0.480 e. The van der Waals surface area contributed by atoms with Gasteiger partial charge in [-0.1, -0.05) is 19.9 Å². The lowest BCUT2D eigenvalue weighted by Gasteiger charge is -2.14. The molecule has 0 unspecified atom stereocenters. The summed E-state index contributed by atoms with van der Waals surface area (Å²) in [4.78, 5) is 22.3. The van der Waals surface area contributed by atoms with Gasteiger partial charge in [0.1, 0.15) is 6.04 Å². The van der Waals surface area contributed by atoms with E-state index in [0.717, 1.165) is 12.8 Å². The third-order valence-electron chi connectivity index (χ3n) is 2.22. The van der Waals surface area contributed by atoms with Gasteiger partial charge in [-0.3, -0.25) is 9.59 Å². The highest BCUT2D eigenvalue weighted by Crippen LogP contribution is 2.00. The van der Waals surface area contributed by atoms with Gasteiger partial charge in [0.05, 0.1) is 13.0 Å². The van der Waals surface area contributed by atoms with E-state index in [-0.39, 0.29) is 18.8 Å². The van der Waals surface area contributed by atoms with Crippen LogP contribution >= 0.6 is 11.6 Å². The third kappa shape index (κ3) is 8.08. The van der Waals surface area contributed by atoms with Gasteiger partial charge >= 0.3 is 11.9 Å². The van der Waals surface area contributed by atoms with Crippen molar-refractivity contribution in [2.45, 2.75) is 32.2 Å². The number of aliphatic carboxylic acids is 1. The van der Waals surface area contributed by atoms with Gasteiger partial charge in [-0.2, -0.15) is 0 Å². The Kier molecular flexibility index (Phi) is 9.32. The Labute approximate surface area is 112 Å². The molecule has 0 radical (unpaired) electrons. The summed E-state index contributed by atoms with van der Waals surface area (Å²) in [6.45, 7) is 6.22. The van der Waals surface area contributed by atoms with Crippen LogP contribution in [-0.2, 0) is 14.3 Å². The van der Waals surface area contributed by atoms with Crippen LogP contribution in [-0.4, -0.2) is 42.1 Å². The number of alkyl halides is 1. The molecule has 0 aromatic heterocycles. The summed E-state index contributed by atoms with van der Waals surface area (Å²) < 4.78 is 4.91. The predicted octanol–water partition coefficient (Wildman–Crippen LogP) is 1.56. The van der Waals surface area contributed by atoms with Crippen molar-refractivity contribution in [3.63, 3.8) is 0 Å². The number of rotatable bonds is 10. The first kappa shape index (κ1) is 16.9. The second-order valence-electron chi connectivity index (χ2n) is 3.93. The number of unbranched alkanes of at least 4 members (excludes halogenated alkanes) is 1. The van der Waals surface area contributed by atoms with Gasteiger partial charge in [0.2, 0.25) is 0 Å². The van der Waals surface area contributed by atoms with Crippen molar-refractivity contribution in [3.8, 4) is 0 Å². The monoisotopic (exact) mass is 277 g/mol. The Hall–Kier alpha value is -1.07. The second-order valence-corrected chi connectivity index (χ2v) is 4.20. The maximum atomic E-state index is 11.4. The molecule has 0 amide bonds. The molecule has 0 aromatic rings. The van der Waals surface area contributed by atoms with Gasteiger partial charge in [-0.15, -0.1) is 11.6 Å². The summed E-state index contributed by atoms with van der Waals surface area (Å²) in [5.41, 5.74) is 0.669. The number of hydrogen-bond acceptors (Lipinski definition) is 4. The smallest absolute Gasteiger partial charge is 0.321 e. The molecule has 1 atom stereocenters. The second kappa shape index (κ2) is 9.91. The first-order valence-corrected chi connectivity index (χ1v) is 6.39. The van der Waals surface area contributed by atoms with E-state index in [2.05, 4.69) is 11.9 Å². The number of esters is 1. The molecule has 0 bridgehead atoms. The van der Waals surface area contributed by atoms with Crippen LogP contribution in [0.4, 0.5) is 0 Å². The van der Waals surface area contributed by atoms with Gasteiger partial charge in [0.25, 0.3) is 0 Å². The minimum Gasteiger partial charge on any atom is -0.480 e. The van der Waals surface area contributed by atoms with E-state index >= 15 is 0 Å². The molecule has 0 rings (SSSR count). The summed E-state index contributed by atoms with van der Waals surface area (Å²) in [6.07, 6.45) is 1.50. The Morgan fingerprint density at radius 3 is 2.67 bits per heavy atom.